The van der Waals surface area contributed by atoms with E-state index in [0.29, 0.717) is 0 Å². The molecular formula is C9H13F2N3O3S. The number of nitrogens with one attached hydrogen (secondary N) is 1. The molecule has 0 atom stereocenters. The minimum Gasteiger partial charge on any atom is -0.396 e. The molecule has 0 fully saturated rings. The van der Waals surface area contributed by atoms with E-state index in [1.54, 1.807) is 0 Å². The van der Waals surface area contributed by atoms with Gasteiger partial charge in [0.2, 0.25) is 0 Å². The minimum atomic E-state index is -3.85. The highest BCUT2D eigenvalue weighted by Crippen LogP contribution is 2.12. The predicted octanol–water partition coefficient (Wildman–Crippen LogP) is 0.224. The average Bonchev–Trinajstić information content (AvgIpc) is 2.28. The monoisotopic (exact) mass is 281 g/mol. The molecule has 0 unspecified atom stereocenters. The van der Waals surface area contributed by atoms with Crippen LogP contribution in [0.3, 0.4) is 0 Å². The Morgan fingerprint density at radius 2 is 2.22 bits per heavy atom. The van der Waals surface area contributed by atoms with Crippen LogP contribution >= 0.6 is 0 Å². The number of rotatable bonds is 7. The predicted molar refractivity (Wildman–Crippen MR) is 60.7 cm³/mol. The number of hydrogen-bond donors (Lipinski definition) is 2. The molecule has 1 rings (SSSR count). The zero-order valence-electron chi connectivity index (χ0n) is 9.34. The van der Waals surface area contributed by atoms with Crippen molar-refractivity contribution in [3.8, 4) is 0 Å². The maximum Gasteiger partial charge on any atom is 0.261 e. The van der Waals surface area contributed by atoms with Gasteiger partial charge in [0.15, 0.2) is 5.03 Å². The van der Waals surface area contributed by atoms with Gasteiger partial charge in [-0.05, 0) is 12.1 Å². The molecule has 0 saturated carbocycles. The van der Waals surface area contributed by atoms with Crippen molar-refractivity contribution in [1.29, 1.82) is 0 Å². The summed E-state index contributed by atoms with van der Waals surface area (Å²) in [5, 5.41) is -0.293. The highest BCUT2D eigenvalue weighted by Gasteiger charge is 2.17. The Bertz CT molecular complexity index is 482. The van der Waals surface area contributed by atoms with Gasteiger partial charge in [-0.15, -0.1) is 0 Å². The van der Waals surface area contributed by atoms with Crippen molar-refractivity contribution in [1.82, 2.24) is 9.71 Å². The quantitative estimate of drug-likeness (QED) is 0.697. The van der Waals surface area contributed by atoms with Crippen molar-refractivity contribution < 1.29 is 21.9 Å². The molecule has 0 amide bonds. The van der Waals surface area contributed by atoms with Gasteiger partial charge < -0.3 is 10.5 Å². The second-order valence-electron chi connectivity index (χ2n) is 3.26. The molecule has 6 nitrogen and oxygen atoms in total. The number of hydrogen-bond acceptors (Lipinski definition) is 5. The van der Waals surface area contributed by atoms with E-state index in [4.69, 9.17) is 5.73 Å². The van der Waals surface area contributed by atoms with Crippen molar-refractivity contribution in [2.45, 2.75) is 11.5 Å². The SMILES string of the molecule is Nc1cccnc1S(=O)(=O)NCCOCC(F)F. The van der Waals surface area contributed by atoms with E-state index in [9.17, 15) is 17.2 Å². The van der Waals surface area contributed by atoms with Crippen LogP contribution in [0.2, 0.25) is 0 Å². The topological polar surface area (TPSA) is 94.3 Å². The van der Waals surface area contributed by atoms with Crippen LogP contribution in [0.15, 0.2) is 23.4 Å². The van der Waals surface area contributed by atoms with Crippen molar-refractivity contribution in [2.75, 3.05) is 25.5 Å². The van der Waals surface area contributed by atoms with Gasteiger partial charge in [0.1, 0.15) is 6.61 Å². The highest BCUT2D eigenvalue weighted by molar-refractivity contribution is 7.89. The number of nitrogens with two attached hydrogens (primary N) is 1. The van der Waals surface area contributed by atoms with Gasteiger partial charge in [-0.25, -0.2) is 26.9 Å². The van der Waals surface area contributed by atoms with Crippen molar-refractivity contribution in [2.24, 2.45) is 0 Å². The van der Waals surface area contributed by atoms with Crippen molar-refractivity contribution in [3.05, 3.63) is 18.3 Å². The number of sulfonamides is 1. The zero-order chi connectivity index (χ0) is 13.6. The summed E-state index contributed by atoms with van der Waals surface area (Å²) in [6.45, 7) is -1.02. The fraction of sp³-hybridized carbons (Fsp3) is 0.444. The summed E-state index contributed by atoms with van der Waals surface area (Å²) in [4.78, 5) is 3.64. The largest absolute Gasteiger partial charge is 0.396 e. The fourth-order valence-electron chi connectivity index (χ4n) is 1.12. The van der Waals surface area contributed by atoms with Crippen molar-refractivity contribution in [3.63, 3.8) is 0 Å². The molecule has 1 heterocycles. The first-order valence-corrected chi connectivity index (χ1v) is 6.48. The lowest BCUT2D eigenvalue weighted by molar-refractivity contribution is 0.0199. The molecule has 102 valence electrons. The molecule has 1 aromatic heterocycles. The van der Waals surface area contributed by atoms with Gasteiger partial charge in [-0.3, -0.25) is 0 Å². The Kier molecular flexibility index (Phi) is 5.38. The molecule has 3 N–H and O–H groups in total. The molecule has 1 aromatic rings. The lowest BCUT2D eigenvalue weighted by Crippen LogP contribution is -2.29. The Balaban J connectivity index is 2.49. The first kappa shape index (κ1) is 14.7. The summed E-state index contributed by atoms with van der Waals surface area (Å²) in [6, 6.07) is 2.90. The number of ether oxygens (including phenoxy) is 1. The Labute approximate surface area is 103 Å². The smallest absolute Gasteiger partial charge is 0.261 e. The number of anilines is 1. The number of halogens is 2. The van der Waals surface area contributed by atoms with E-state index in [2.05, 4.69) is 14.4 Å². The first-order valence-electron chi connectivity index (χ1n) is 4.99. The van der Waals surface area contributed by atoms with E-state index in [1.807, 2.05) is 0 Å². The second kappa shape index (κ2) is 6.57. The van der Waals surface area contributed by atoms with E-state index < -0.39 is 23.1 Å². The molecule has 0 aliphatic rings. The summed E-state index contributed by atoms with van der Waals surface area (Å²) in [6.07, 6.45) is -1.29. The Morgan fingerprint density at radius 1 is 1.50 bits per heavy atom. The van der Waals surface area contributed by atoms with Gasteiger partial charge in [-0.2, -0.15) is 0 Å². The third-order valence-electron chi connectivity index (χ3n) is 1.84. The van der Waals surface area contributed by atoms with Crippen LogP contribution in [0.1, 0.15) is 0 Å². The third kappa shape index (κ3) is 4.51. The second-order valence-corrected chi connectivity index (χ2v) is 4.94. The number of alkyl halides is 2. The normalized spacial score (nSPS) is 11.9. The fourth-order valence-corrected chi connectivity index (χ4v) is 2.18. The minimum absolute atomic E-state index is 0.0125. The maximum absolute atomic E-state index is 11.7. The standard InChI is InChI=1S/C9H13F2N3O3S/c10-8(11)6-17-5-4-14-18(15,16)9-7(12)2-1-3-13-9/h1-3,8,14H,4-6,12H2. The van der Waals surface area contributed by atoms with Crippen LogP contribution in [-0.2, 0) is 14.8 Å². The summed E-state index contributed by atoms with van der Waals surface area (Å²) in [5.41, 5.74) is 5.48. The van der Waals surface area contributed by atoms with E-state index in [0.717, 1.165) is 0 Å². The van der Waals surface area contributed by atoms with Gasteiger partial charge >= 0.3 is 0 Å². The van der Waals surface area contributed by atoms with Crippen LogP contribution in [0.5, 0.6) is 0 Å². The molecule has 18 heavy (non-hydrogen) atoms. The average molecular weight is 281 g/mol. The van der Waals surface area contributed by atoms with E-state index >= 15 is 0 Å². The maximum atomic E-state index is 11.7. The van der Waals surface area contributed by atoms with Crippen LogP contribution in [0.25, 0.3) is 0 Å². The molecule has 0 aromatic carbocycles. The number of pyridine rings is 1. The number of nitrogen functional groups attached to an aromatic ring is 1. The number of nitrogens with zero attached hydrogens (tertiary/aromatic N) is 1. The van der Waals surface area contributed by atoms with Gasteiger partial charge in [0.25, 0.3) is 16.4 Å². The Hall–Kier alpha value is -1.32. The van der Waals surface area contributed by atoms with Crippen LogP contribution in [-0.4, -0.2) is 39.6 Å². The highest BCUT2D eigenvalue weighted by atomic mass is 32.2. The van der Waals surface area contributed by atoms with E-state index in [1.165, 1.54) is 18.3 Å². The summed E-state index contributed by atoms with van der Waals surface area (Å²) in [7, 11) is -3.85. The molecule has 0 aliphatic carbocycles. The molecule has 0 radical (unpaired) electrons. The number of aromatic nitrogens is 1. The summed E-state index contributed by atoms with van der Waals surface area (Å²) in [5.74, 6) is 0. The summed E-state index contributed by atoms with van der Waals surface area (Å²) >= 11 is 0. The summed E-state index contributed by atoms with van der Waals surface area (Å²) < 4.78 is 53.5. The molecular weight excluding hydrogens is 268 g/mol. The third-order valence-corrected chi connectivity index (χ3v) is 3.27. The van der Waals surface area contributed by atoms with Gasteiger partial charge in [0.05, 0.1) is 12.3 Å². The van der Waals surface area contributed by atoms with Gasteiger partial charge in [0, 0.05) is 12.7 Å². The molecule has 0 bridgehead atoms. The van der Waals surface area contributed by atoms with Crippen LogP contribution in [0, 0.1) is 0 Å². The molecule has 0 aliphatic heterocycles. The zero-order valence-corrected chi connectivity index (χ0v) is 10.2. The van der Waals surface area contributed by atoms with Crippen LogP contribution < -0.4 is 10.5 Å². The lowest BCUT2D eigenvalue weighted by Gasteiger charge is -2.08. The molecule has 0 spiro atoms. The molecule has 0 saturated heterocycles. The van der Waals surface area contributed by atoms with Crippen molar-refractivity contribution >= 4 is 15.7 Å². The lowest BCUT2D eigenvalue weighted by atomic mass is 10.4. The van der Waals surface area contributed by atoms with Crippen LogP contribution in [0.4, 0.5) is 14.5 Å². The Morgan fingerprint density at radius 3 is 2.83 bits per heavy atom. The molecule has 9 heteroatoms. The first-order chi connectivity index (χ1) is 8.43. The van der Waals surface area contributed by atoms with E-state index in [-0.39, 0.29) is 23.9 Å². The van der Waals surface area contributed by atoms with Gasteiger partial charge in [-0.1, -0.05) is 0 Å².